The second kappa shape index (κ2) is 10.6. The van der Waals surface area contributed by atoms with Crippen LogP contribution in [0.25, 0.3) is 0 Å². The Morgan fingerprint density at radius 2 is 1.96 bits per heavy atom. The number of rotatable bonds is 9. The van der Waals surface area contributed by atoms with E-state index in [1.54, 1.807) is 32.3 Å². The lowest BCUT2D eigenvalue weighted by Gasteiger charge is -2.17. The Balaban J connectivity index is 2.74. The van der Waals surface area contributed by atoms with E-state index >= 15 is 0 Å². The van der Waals surface area contributed by atoms with Crippen molar-refractivity contribution in [3.63, 3.8) is 0 Å². The van der Waals surface area contributed by atoms with Gasteiger partial charge in [0.15, 0.2) is 0 Å². The molecule has 0 spiro atoms. The van der Waals surface area contributed by atoms with E-state index in [2.05, 4.69) is 24.5 Å². The zero-order chi connectivity index (χ0) is 18.8. The quantitative estimate of drug-likeness (QED) is 0.713. The summed E-state index contributed by atoms with van der Waals surface area (Å²) in [6, 6.07) is 4.71. The van der Waals surface area contributed by atoms with Crippen molar-refractivity contribution in [3.8, 4) is 5.75 Å². The van der Waals surface area contributed by atoms with Gasteiger partial charge in [0, 0.05) is 26.2 Å². The van der Waals surface area contributed by atoms with Gasteiger partial charge < -0.3 is 20.3 Å². The molecule has 1 rings (SSSR count). The number of amides is 3. The zero-order valence-electron chi connectivity index (χ0n) is 16.0. The van der Waals surface area contributed by atoms with Crippen molar-refractivity contribution in [2.45, 2.75) is 39.5 Å². The first kappa shape index (κ1) is 20.8. The Morgan fingerprint density at radius 3 is 2.52 bits per heavy atom. The Kier molecular flexibility index (Phi) is 8.81. The van der Waals surface area contributed by atoms with Gasteiger partial charge >= 0.3 is 6.03 Å². The minimum Gasteiger partial charge on any atom is -0.495 e. The third-order valence-electron chi connectivity index (χ3n) is 4.20. The SMILES string of the molecule is CCCCC(CC)CNC(=O)Nc1cc(C(=O)N(C)C)ccc1OC. The van der Waals surface area contributed by atoms with Crippen molar-refractivity contribution in [2.24, 2.45) is 5.92 Å². The summed E-state index contributed by atoms with van der Waals surface area (Å²) in [4.78, 5) is 25.8. The van der Waals surface area contributed by atoms with Gasteiger partial charge in [-0.15, -0.1) is 0 Å². The molecule has 1 aromatic rings. The molecule has 2 N–H and O–H groups in total. The number of hydrogen-bond donors (Lipinski definition) is 2. The van der Waals surface area contributed by atoms with Crippen LogP contribution in [0.5, 0.6) is 5.75 Å². The standard InChI is InChI=1S/C19H31N3O3/c1-6-8-9-14(7-2)13-20-19(24)21-16-12-15(18(23)22(3)4)10-11-17(16)25-5/h10-12,14H,6-9,13H2,1-5H3,(H2,20,21,24). The molecular formula is C19H31N3O3. The zero-order valence-corrected chi connectivity index (χ0v) is 16.0. The molecule has 0 saturated carbocycles. The monoisotopic (exact) mass is 349 g/mol. The van der Waals surface area contributed by atoms with Crippen molar-refractivity contribution in [1.29, 1.82) is 0 Å². The minimum absolute atomic E-state index is 0.128. The summed E-state index contributed by atoms with van der Waals surface area (Å²) in [7, 11) is 4.91. The van der Waals surface area contributed by atoms with Crippen LogP contribution in [0.3, 0.4) is 0 Å². The minimum atomic E-state index is -0.289. The molecule has 0 fully saturated rings. The Labute approximate surface area is 150 Å². The van der Waals surface area contributed by atoms with Crippen molar-refractivity contribution in [3.05, 3.63) is 23.8 Å². The summed E-state index contributed by atoms with van der Waals surface area (Å²) in [5, 5.41) is 5.70. The lowest BCUT2D eigenvalue weighted by atomic mass is 9.99. The molecule has 0 aliphatic rings. The Morgan fingerprint density at radius 1 is 1.24 bits per heavy atom. The van der Waals surface area contributed by atoms with Gasteiger partial charge in [-0.1, -0.05) is 33.1 Å². The van der Waals surface area contributed by atoms with E-state index in [4.69, 9.17) is 4.74 Å². The Bertz CT molecular complexity index is 573. The number of methoxy groups -OCH3 is 1. The number of anilines is 1. The molecule has 0 heterocycles. The number of carbonyl (C=O) groups is 2. The van der Waals surface area contributed by atoms with E-state index in [1.807, 2.05) is 0 Å². The predicted octanol–water partition coefficient (Wildman–Crippen LogP) is 3.73. The molecule has 3 amide bonds. The van der Waals surface area contributed by atoms with Crippen LogP contribution in [0.15, 0.2) is 18.2 Å². The van der Waals surface area contributed by atoms with Gasteiger partial charge in [-0.25, -0.2) is 4.79 Å². The molecule has 6 heteroatoms. The van der Waals surface area contributed by atoms with Gasteiger partial charge in [0.25, 0.3) is 5.91 Å². The smallest absolute Gasteiger partial charge is 0.319 e. The van der Waals surface area contributed by atoms with Crippen molar-refractivity contribution in [1.82, 2.24) is 10.2 Å². The molecular weight excluding hydrogens is 318 g/mol. The normalized spacial score (nSPS) is 11.6. The van der Waals surface area contributed by atoms with Crippen LogP contribution in [0.4, 0.5) is 10.5 Å². The largest absolute Gasteiger partial charge is 0.495 e. The van der Waals surface area contributed by atoms with Crippen LogP contribution in [0, 0.1) is 5.92 Å². The highest BCUT2D eigenvalue weighted by Gasteiger charge is 2.14. The van der Waals surface area contributed by atoms with E-state index in [-0.39, 0.29) is 11.9 Å². The number of hydrogen-bond acceptors (Lipinski definition) is 3. The second-order valence-electron chi connectivity index (χ2n) is 6.37. The summed E-state index contributed by atoms with van der Waals surface area (Å²) in [5.41, 5.74) is 0.977. The molecule has 0 aromatic heterocycles. The van der Waals surface area contributed by atoms with Crippen LogP contribution in [0.2, 0.25) is 0 Å². The van der Waals surface area contributed by atoms with E-state index in [0.29, 0.717) is 29.5 Å². The highest BCUT2D eigenvalue weighted by atomic mass is 16.5. The van der Waals surface area contributed by atoms with E-state index in [1.165, 1.54) is 18.4 Å². The fraction of sp³-hybridized carbons (Fsp3) is 0.579. The van der Waals surface area contributed by atoms with Crippen LogP contribution in [-0.4, -0.2) is 44.6 Å². The van der Waals surface area contributed by atoms with Crippen molar-refractivity contribution >= 4 is 17.6 Å². The molecule has 0 aliphatic carbocycles. The maximum Gasteiger partial charge on any atom is 0.319 e. The highest BCUT2D eigenvalue weighted by molar-refractivity contribution is 5.97. The number of unbranched alkanes of at least 4 members (excludes halogenated alkanes) is 1. The average molecular weight is 349 g/mol. The number of nitrogens with one attached hydrogen (secondary N) is 2. The summed E-state index contributed by atoms with van der Waals surface area (Å²) < 4.78 is 5.27. The second-order valence-corrected chi connectivity index (χ2v) is 6.37. The number of benzene rings is 1. The number of ether oxygens (including phenoxy) is 1. The van der Waals surface area contributed by atoms with E-state index in [0.717, 1.165) is 19.3 Å². The molecule has 1 atom stereocenters. The van der Waals surface area contributed by atoms with Crippen molar-refractivity contribution < 1.29 is 14.3 Å². The van der Waals surface area contributed by atoms with Gasteiger partial charge in [0.1, 0.15) is 5.75 Å². The first-order chi connectivity index (χ1) is 11.9. The molecule has 0 bridgehead atoms. The van der Waals surface area contributed by atoms with Crippen LogP contribution >= 0.6 is 0 Å². The van der Waals surface area contributed by atoms with Crippen molar-refractivity contribution in [2.75, 3.05) is 33.1 Å². The number of carbonyl (C=O) groups excluding carboxylic acids is 2. The van der Waals surface area contributed by atoms with Gasteiger partial charge in [0.05, 0.1) is 12.8 Å². The molecule has 0 radical (unpaired) electrons. The maximum absolute atomic E-state index is 12.2. The first-order valence-corrected chi connectivity index (χ1v) is 8.87. The van der Waals surface area contributed by atoms with Crippen LogP contribution < -0.4 is 15.4 Å². The molecule has 6 nitrogen and oxygen atoms in total. The third kappa shape index (κ3) is 6.64. The third-order valence-corrected chi connectivity index (χ3v) is 4.20. The van der Waals surface area contributed by atoms with Gasteiger partial charge in [-0.05, 0) is 30.5 Å². The van der Waals surface area contributed by atoms with E-state index in [9.17, 15) is 9.59 Å². The summed E-state index contributed by atoms with van der Waals surface area (Å²) >= 11 is 0. The van der Waals surface area contributed by atoms with Gasteiger partial charge in [0.2, 0.25) is 0 Å². The lowest BCUT2D eigenvalue weighted by Crippen LogP contribution is -2.33. The number of urea groups is 1. The molecule has 1 unspecified atom stereocenters. The molecule has 0 saturated heterocycles. The van der Waals surface area contributed by atoms with Gasteiger partial charge in [-0.2, -0.15) is 0 Å². The summed E-state index contributed by atoms with van der Waals surface area (Å²) in [6.07, 6.45) is 4.48. The summed E-state index contributed by atoms with van der Waals surface area (Å²) in [6.45, 7) is 4.95. The molecule has 140 valence electrons. The average Bonchev–Trinajstić information content (AvgIpc) is 2.61. The first-order valence-electron chi connectivity index (χ1n) is 8.87. The molecule has 25 heavy (non-hydrogen) atoms. The highest BCUT2D eigenvalue weighted by Crippen LogP contribution is 2.26. The van der Waals surface area contributed by atoms with Crippen LogP contribution in [-0.2, 0) is 0 Å². The van der Waals surface area contributed by atoms with Crippen LogP contribution in [0.1, 0.15) is 49.9 Å². The number of nitrogens with zero attached hydrogens (tertiary/aromatic N) is 1. The summed E-state index contributed by atoms with van der Waals surface area (Å²) in [5.74, 6) is 0.870. The van der Waals surface area contributed by atoms with Gasteiger partial charge in [-0.3, -0.25) is 4.79 Å². The molecule has 0 aliphatic heterocycles. The fourth-order valence-electron chi connectivity index (χ4n) is 2.54. The lowest BCUT2D eigenvalue weighted by molar-refractivity contribution is 0.0827. The molecule has 1 aromatic carbocycles. The topological polar surface area (TPSA) is 70.7 Å². The fourth-order valence-corrected chi connectivity index (χ4v) is 2.54. The maximum atomic E-state index is 12.2. The van der Waals surface area contributed by atoms with E-state index < -0.39 is 0 Å². The Hall–Kier alpha value is -2.24. The predicted molar refractivity (Wildman–Crippen MR) is 101 cm³/mol.